The Balaban J connectivity index is 2.50. The Morgan fingerprint density at radius 2 is 1.60 bits per heavy atom. The zero-order valence-corrected chi connectivity index (χ0v) is 13.6. The highest BCUT2D eigenvalue weighted by atomic mass is 32.2. The van der Waals surface area contributed by atoms with Crippen LogP contribution in [0.25, 0.3) is 0 Å². The van der Waals surface area contributed by atoms with Gasteiger partial charge in [0.05, 0.1) is 27.9 Å². The van der Waals surface area contributed by atoms with Crippen LogP contribution in [0.2, 0.25) is 0 Å². The highest BCUT2D eigenvalue weighted by molar-refractivity contribution is 8.18. The maximum atomic E-state index is 9.89. The molecule has 1 fully saturated rings. The van der Waals surface area contributed by atoms with E-state index in [0.29, 0.717) is 17.2 Å². The lowest BCUT2D eigenvalue weighted by Crippen LogP contribution is -2.27. The summed E-state index contributed by atoms with van der Waals surface area (Å²) in [7, 11) is 4.80. The van der Waals surface area contributed by atoms with Crippen LogP contribution in [0.5, 0.6) is 17.2 Å². The lowest BCUT2D eigenvalue weighted by Gasteiger charge is -2.35. The van der Waals surface area contributed by atoms with E-state index in [1.807, 2.05) is 12.1 Å². The zero-order valence-electron chi connectivity index (χ0n) is 12.0. The Labute approximate surface area is 128 Å². The van der Waals surface area contributed by atoms with Gasteiger partial charge in [-0.25, -0.2) is 0 Å². The lowest BCUT2D eigenvalue weighted by molar-refractivity contribution is 0.283. The Hall–Kier alpha value is -0.720. The van der Waals surface area contributed by atoms with Crippen molar-refractivity contribution in [1.82, 2.24) is 0 Å². The molecule has 0 saturated carbocycles. The van der Waals surface area contributed by atoms with Crippen LogP contribution in [0.3, 0.4) is 0 Å². The van der Waals surface area contributed by atoms with Gasteiger partial charge in [-0.05, 0) is 35.6 Å². The third kappa shape index (κ3) is 2.82. The van der Waals surface area contributed by atoms with E-state index in [-0.39, 0.29) is 10.7 Å². The zero-order chi connectivity index (χ0) is 14.6. The van der Waals surface area contributed by atoms with E-state index in [9.17, 15) is 5.11 Å². The molecule has 1 aliphatic heterocycles. The lowest BCUT2D eigenvalue weighted by atomic mass is 10.1. The number of benzene rings is 1. The summed E-state index contributed by atoms with van der Waals surface area (Å²) in [6.45, 7) is 0.0843. The van der Waals surface area contributed by atoms with Gasteiger partial charge >= 0.3 is 0 Å². The molecule has 6 heteroatoms. The van der Waals surface area contributed by atoms with E-state index in [0.717, 1.165) is 17.1 Å². The minimum atomic E-state index is -0.342. The van der Waals surface area contributed by atoms with Crippen molar-refractivity contribution >= 4 is 23.5 Å². The second-order valence-corrected chi connectivity index (χ2v) is 7.42. The van der Waals surface area contributed by atoms with Gasteiger partial charge in [-0.2, -0.15) is 0 Å². The molecule has 0 bridgehead atoms. The second-order valence-electron chi connectivity index (χ2n) is 4.38. The van der Waals surface area contributed by atoms with Crippen molar-refractivity contribution in [3.63, 3.8) is 0 Å². The molecule has 0 atom stereocenters. The molecule has 0 amide bonds. The molecule has 0 radical (unpaired) electrons. The summed E-state index contributed by atoms with van der Waals surface area (Å²) in [6, 6.07) is 3.87. The molecule has 0 aliphatic carbocycles. The van der Waals surface area contributed by atoms with Gasteiger partial charge in [-0.1, -0.05) is 0 Å². The van der Waals surface area contributed by atoms with E-state index in [1.54, 1.807) is 44.9 Å². The number of aliphatic hydroxyl groups is 1. The topological polar surface area (TPSA) is 47.9 Å². The number of hydrogen-bond donors (Lipinski definition) is 1. The van der Waals surface area contributed by atoms with Crippen molar-refractivity contribution in [2.75, 3.05) is 39.4 Å². The summed E-state index contributed by atoms with van der Waals surface area (Å²) >= 11 is 3.55. The van der Waals surface area contributed by atoms with Gasteiger partial charge in [0.1, 0.15) is 4.08 Å². The Morgan fingerprint density at radius 1 is 1.05 bits per heavy atom. The number of rotatable bonds is 5. The van der Waals surface area contributed by atoms with Crippen molar-refractivity contribution < 1.29 is 19.3 Å². The summed E-state index contributed by atoms with van der Waals surface area (Å²) in [4.78, 5) is 0. The van der Waals surface area contributed by atoms with Crippen molar-refractivity contribution in [3.05, 3.63) is 17.7 Å². The van der Waals surface area contributed by atoms with Crippen LogP contribution in [-0.2, 0) is 4.08 Å². The minimum Gasteiger partial charge on any atom is -0.493 e. The van der Waals surface area contributed by atoms with Gasteiger partial charge < -0.3 is 19.3 Å². The van der Waals surface area contributed by atoms with Crippen LogP contribution in [0.15, 0.2) is 12.1 Å². The highest BCUT2D eigenvalue weighted by Crippen LogP contribution is 2.52. The van der Waals surface area contributed by atoms with E-state index in [2.05, 4.69) is 0 Å². The fourth-order valence-electron chi connectivity index (χ4n) is 2.22. The average Bonchev–Trinajstić information content (AvgIpc) is 2.53. The maximum Gasteiger partial charge on any atom is 0.203 e. The standard InChI is InChI=1S/C14H20O4S2/c1-16-11-7-10(8-12(17-2)13(11)18-3)14(9-15)19-5-4-6-20-14/h7-8,15H,4-6,9H2,1-3H3. The first-order chi connectivity index (χ1) is 9.70. The van der Waals surface area contributed by atoms with Crippen LogP contribution in [0, 0.1) is 0 Å². The normalized spacial score (nSPS) is 17.6. The summed E-state index contributed by atoms with van der Waals surface area (Å²) in [6.07, 6.45) is 1.17. The van der Waals surface area contributed by atoms with Crippen LogP contribution >= 0.6 is 23.5 Å². The predicted molar refractivity (Wildman–Crippen MR) is 84.4 cm³/mol. The molecular weight excluding hydrogens is 296 g/mol. The molecule has 0 spiro atoms. The Morgan fingerprint density at radius 3 is 2.00 bits per heavy atom. The summed E-state index contributed by atoms with van der Waals surface area (Å²) in [5, 5.41) is 9.89. The monoisotopic (exact) mass is 316 g/mol. The fourth-order valence-corrected chi connectivity index (χ4v) is 5.23. The molecule has 1 saturated heterocycles. The molecule has 112 valence electrons. The predicted octanol–water partition coefficient (Wildman–Crippen LogP) is 2.73. The minimum absolute atomic E-state index is 0.0843. The van der Waals surface area contributed by atoms with Crippen molar-refractivity contribution in [2.24, 2.45) is 0 Å². The van der Waals surface area contributed by atoms with Gasteiger partial charge in [-0.3, -0.25) is 0 Å². The van der Waals surface area contributed by atoms with Gasteiger partial charge in [-0.15, -0.1) is 23.5 Å². The van der Waals surface area contributed by atoms with Gasteiger partial charge in [0, 0.05) is 0 Å². The van der Waals surface area contributed by atoms with E-state index < -0.39 is 0 Å². The van der Waals surface area contributed by atoms with Gasteiger partial charge in [0.15, 0.2) is 11.5 Å². The van der Waals surface area contributed by atoms with Crippen molar-refractivity contribution in [3.8, 4) is 17.2 Å². The van der Waals surface area contributed by atoms with Crippen LogP contribution in [0.1, 0.15) is 12.0 Å². The SMILES string of the molecule is COc1cc(C2(CO)SCCCS2)cc(OC)c1OC. The summed E-state index contributed by atoms with van der Waals surface area (Å²) < 4.78 is 15.8. The van der Waals surface area contributed by atoms with E-state index in [1.165, 1.54) is 6.42 Å². The molecule has 1 aromatic carbocycles. The molecule has 1 heterocycles. The number of thioether (sulfide) groups is 2. The van der Waals surface area contributed by atoms with Crippen molar-refractivity contribution in [1.29, 1.82) is 0 Å². The third-order valence-corrected chi connectivity index (χ3v) is 6.63. The van der Waals surface area contributed by atoms with Gasteiger partial charge in [0.25, 0.3) is 0 Å². The molecule has 20 heavy (non-hydrogen) atoms. The second kappa shape index (κ2) is 6.83. The molecule has 2 rings (SSSR count). The first-order valence-corrected chi connectivity index (χ1v) is 8.37. The summed E-state index contributed by atoms with van der Waals surface area (Å²) in [5.74, 6) is 3.93. The largest absolute Gasteiger partial charge is 0.493 e. The smallest absolute Gasteiger partial charge is 0.203 e. The number of hydrogen-bond acceptors (Lipinski definition) is 6. The first-order valence-electron chi connectivity index (χ1n) is 6.40. The van der Waals surface area contributed by atoms with E-state index in [4.69, 9.17) is 14.2 Å². The number of methoxy groups -OCH3 is 3. The maximum absolute atomic E-state index is 9.89. The Kier molecular flexibility index (Phi) is 5.35. The molecule has 1 aliphatic rings. The average molecular weight is 316 g/mol. The molecule has 1 N–H and O–H groups in total. The quantitative estimate of drug-likeness (QED) is 0.901. The molecule has 4 nitrogen and oxygen atoms in total. The molecule has 0 aromatic heterocycles. The third-order valence-electron chi connectivity index (χ3n) is 3.27. The fraction of sp³-hybridized carbons (Fsp3) is 0.571. The van der Waals surface area contributed by atoms with Crippen LogP contribution < -0.4 is 14.2 Å². The number of aliphatic hydroxyl groups excluding tert-OH is 1. The van der Waals surface area contributed by atoms with E-state index >= 15 is 0 Å². The molecule has 0 unspecified atom stereocenters. The van der Waals surface area contributed by atoms with Gasteiger partial charge in [0.2, 0.25) is 5.75 Å². The highest BCUT2D eigenvalue weighted by Gasteiger charge is 2.36. The first kappa shape index (κ1) is 15.7. The molecule has 1 aromatic rings. The Bertz CT molecular complexity index is 433. The van der Waals surface area contributed by atoms with Crippen LogP contribution in [0.4, 0.5) is 0 Å². The number of ether oxygens (including phenoxy) is 3. The van der Waals surface area contributed by atoms with Crippen LogP contribution in [-0.4, -0.2) is 44.5 Å². The summed E-state index contributed by atoms with van der Waals surface area (Å²) in [5.41, 5.74) is 1.00. The van der Waals surface area contributed by atoms with Crippen molar-refractivity contribution in [2.45, 2.75) is 10.5 Å². The molecular formula is C14H20O4S2.